The molecule has 1 aromatic heterocycles. The average Bonchev–Trinajstić information content (AvgIpc) is 2.58. The second-order valence-electron chi connectivity index (χ2n) is 4.60. The number of pyridine rings is 1. The Labute approximate surface area is 142 Å². The van der Waals surface area contributed by atoms with E-state index >= 15 is 0 Å². The molecule has 1 heterocycles. The SMILES string of the molecule is COc1cccc(CNC(=O)COC(=O)c2cncc(Br)c2)c1. The molecule has 1 amide bonds. The minimum atomic E-state index is -0.602. The van der Waals surface area contributed by atoms with Crippen LogP contribution in [0.2, 0.25) is 0 Å². The van der Waals surface area contributed by atoms with E-state index in [0.717, 1.165) is 5.56 Å². The fraction of sp³-hybridized carbons (Fsp3) is 0.188. The molecule has 1 N–H and O–H groups in total. The van der Waals surface area contributed by atoms with Gasteiger partial charge < -0.3 is 14.8 Å². The number of carbonyl (C=O) groups excluding carboxylic acids is 2. The Morgan fingerprint density at radius 3 is 2.83 bits per heavy atom. The summed E-state index contributed by atoms with van der Waals surface area (Å²) in [6.07, 6.45) is 2.93. The fourth-order valence-electron chi connectivity index (χ4n) is 1.77. The lowest BCUT2D eigenvalue weighted by Gasteiger charge is -2.08. The van der Waals surface area contributed by atoms with Crippen LogP contribution in [-0.4, -0.2) is 30.6 Å². The number of rotatable bonds is 6. The zero-order valence-corrected chi connectivity index (χ0v) is 14.0. The van der Waals surface area contributed by atoms with Crippen molar-refractivity contribution in [1.29, 1.82) is 0 Å². The molecule has 6 nitrogen and oxygen atoms in total. The first-order valence-electron chi connectivity index (χ1n) is 6.76. The highest BCUT2D eigenvalue weighted by Gasteiger charge is 2.11. The molecular formula is C16H15BrN2O4. The first-order valence-corrected chi connectivity index (χ1v) is 7.55. The molecule has 23 heavy (non-hydrogen) atoms. The Hall–Kier alpha value is -2.41. The lowest BCUT2D eigenvalue weighted by molar-refractivity contribution is -0.124. The summed E-state index contributed by atoms with van der Waals surface area (Å²) >= 11 is 3.21. The molecular weight excluding hydrogens is 364 g/mol. The number of ether oxygens (including phenoxy) is 2. The van der Waals surface area contributed by atoms with Crippen molar-refractivity contribution in [1.82, 2.24) is 10.3 Å². The van der Waals surface area contributed by atoms with Crippen molar-refractivity contribution in [2.24, 2.45) is 0 Å². The Morgan fingerprint density at radius 2 is 2.09 bits per heavy atom. The van der Waals surface area contributed by atoms with Crippen LogP contribution in [0.5, 0.6) is 5.75 Å². The van der Waals surface area contributed by atoms with Gasteiger partial charge in [-0.3, -0.25) is 9.78 Å². The van der Waals surface area contributed by atoms with Crippen LogP contribution in [0.15, 0.2) is 47.2 Å². The summed E-state index contributed by atoms with van der Waals surface area (Å²) in [6, 6.07) is 8.91. The standard InChI is InChI=1S/C16H15BrN2O4/c1-22-14-4-2-3-11(5-14)7-19-15(20)10-23-16(21)12-6-13(17)9-18-8-12/h2-6,8-9H,7,10H2,1H3,(H,19,20). The Morgan fingerprint density at radius 1 is 1.26 bits per heavy atom. The third kappa shape index (κ3) is 5.37. The van der Waals surface area contributed by atoms with Gasteiger partial charge in [0.25, 0.3) is 5.91 Å². The van der Waals surface area contributed by atoms with Gasteiger partial charge in [0.15, 0.2) is 6.61 Å². The molecule has 0 saturated heterocycles. The van der Waals surface area contributed by atoms with Crippen LogP contribution in [0, 0.1) is 0 Å². The summed E-state index contributed by atoms with van der Waals surface area (Å²) in [5.74, 6) is -0.273. The van der Waals surface area contributed by atoms with Gasteiger partial charge in [0.1, 0.15) is 5.75 Å². The number of nitrogens with zero attached hydrogens (tertiary/aromatic N) is 1. The first kappa shape index (κ1) is 17.0. The number of aromatic nitrogens is 1. The number of carbonyl (C=O) groups is 2. The maximum atomic E-state index is 11.8. The Balaban J connectivity index is 1.79. The number of methoxy groups -OCH3 is 1. The van der Waals surface area contributed by atoms with Crippen LogP contribution >= 0.6 is 15.9 Å². The molecule has 2 aromatic rings. The molecule has 0 saturated carbocycles. The predicted molar refractivity (Wildman–Crippen MR) is 87.1 cm³/mol. The third-order valence-electron chi connectivity index (χ3n) is 2.90. The summed E-state index contributed by atoms with van der Waals surface area (Å²) in [7, 11) is 1.58. The second kappa shape index (κ2) is 8.28. The van der Waals surface area contributed by atoms with Crippen LogP contribution in [0.1, 0.15) is 15.9 Å². The summed E-state index contributed by atoms with van der Waals surface area (Å²) < 4.78 is 10.7. The maximum absolute atomic E-state index is 11.8. The van der Waals surface area contributed by atoms with Crippen molar-refractivity contribution in [3.05, 3.63) is 58.3 Å². The summed E-state index contributed by atoms with van der Waals surface area (Å²) in [5.41, 5.74) is 1.17. The van der Waals surface area contributed by atoms with Gasteiger partial charge in [0.05, 0.1) is 12.7 Å². The number of halogens is 1. The van der Waals surface area contributed by atoms with E-state index in [1.54, 1.807) is 19.4 Å². The van der Waals surface area contributed by atoms with E-state index in [1.807, 2.05) is 24.3 Å². The molecule has 120 valence electrons. The van der Waals surface area contributed by atoms with Gasteiger partial charge in [-0.1, -0.05) is 12.1 Å². The zero-order chi connectivity index (χ0) is 16.7. The predicted octanol–water partition coefficient (Wildman–Crippen LogP) is 2.33. The molecule has 0 atom stereocenters. The molecule has 0 aliphatic carbocycles. The first-order chi connectivity index (χ1) is 11.1. The van der Waals surface area contributed by atoms with Crippen molar-refractivity contribution in [2.45, 2.75) is 6.54 Å². The molecule has 0 bridgehead atoms. The van der Waals surface area contributed by atoms with E-state index < -0.39 is 5.97 Å². The van der Waals surface area contributed by atoms with Crippen LogP contribution in [-0.2, 0) is 16.1 Å². The van der Waals surface area contributed by atoms with Crippen molar-refractivity contribution < 1.29 is 19.1 Å². The van der Waals surface area contributed by atoms with Crippen LogP contribution in [0.3, 0.4) is 0 Å². The quantitative estimate of drug-likeness (QED) is 0.780. The number of nitrogens with one attached hydrogen (secondary N) is 1. The molecule has 0 radical (unpaired) electrons. The number of hydrogen-bond donors (Lipinski definition) is 1. The topological polar surface area (TPSA) is 77.5 Å². The zero-order valence-electron chi connectivity index (χ0n) is 12.4. The van der Waals surface area contributed by atoms with Crippen molar-refractivity contribution in [3.63, 3.8) is 0 Å². The lowest BCUT2D eigenvalue weighted by Crippen LogP contribution is -2.28. The van der Waals surface area contributed by atoms with Gasteiger partial charge in [-0.05, 0) is 39.7 Å². The summed E-state index contributed by atoms with van der Waals surface area (Å²) in [4.78, 5) is 27.4. The van der Waals surface area contributed by atoms with Crippen LogP contribution < -0.4 is 10.1 Å². The third-order valence-corrected chi connectivity index (χ3v) is 3.33. The van der Waals surface area contributed by atoms with Gasteiger partial charge in [0, 0.05) is 23.4 Å². The van der Waals surface area contributed by atoms with Crippen LogP contribution in [0.25, 0.3) is 0 Å². The van der Waals surface area contributed by atoms with E-state index in [2.05, 4.69) is 26.2 Å². The highest BCUT2D eigenvalue weighted by atomic mass is 79.9. The smallest absolute Gasteiger partial charge is 0.340 e. The Kier molecular flexibility index (Phi) is 6.10. The van der Waals surface area contributed by atoms with Crippen molar-refractivity contribution in [2.75, 3.05) is 13.7 Å². The van der Waals surface area contributed by atoms with Gasteiger partial charge in [-0.25, -0.2) is 4.79 Å². The molecule has 0 unspecified atom stereocenters. The number of esters is 1. The van der Waals surface area contributed by atoms with E-state index in [-0.39, 0.29) is 18.1 Å². The second-order valence-corrected chi connectivity index (χ2v) is 5.51. The van der Waals surface area contributed by atoms with E-state index in [0.29, 0.717) is 16.8 Å². The summed E-state index contributed by atoms with van der Waals surface area (Å²) in [5, 5.41) is 2.67. The highest BCUT2D eigenvalue weighted by molar-refractivity contribution is 9.10. The summed E-state index contributed by atoms with van der Waals surface area (Å²) in [6.45, 7) is -0.0264. The average molecular weight is 379 g/mol. The minimum Gasteiger partial charge on any atom is -0.497 e. The van der Waals surface area contributed by atoms with Gasteiger partial charge >= 0.3 is 5.97 Å². The normalized spacial score (nSPS) is 10.0. The van der Waals surface area contributed by atoms with E-state index in [4.69, 9.17) is 9.47 Å². The van der Waals surface area contributed by atoms with Crippen molar-refractivity contribution >= 4 is 27.8 Å². The Bertz CT molecular complexity index is 706. The van der Waals surface area contributed by atoms with E-state index in [1.165, 1.54) is 6.20 Å². The molecule has 0 fully saturated rings. The number of hydrogen-bond acceptors (Lipinski definition) is 5. The maximum Gasteiger partial charge on any atom is 0.340 e. The number of amides is 1. The largest absolute Gasteiger partial charge is 0.497 e. The monoisotopic (exact) mass is 378 g/mol. The molecule has 0 spiro atoms. The fourth-order valence-corrected chi connectivity index (χ4v) is 2.14. The lowest BCUT2D eigenvalue weighted by atomic mass is 10.2. The molecule has 2 rings (SSSR count). The molecule has 1 aromatic carbocycles. The van der Waals surface area contributed by atoms with Crippen molar-refractivity contribution in [3.8, 4) is 5.75 Å². The molecule has 0 aliphatic rings. The van der Waals surface area contributed by atoms with Gasteiger partial charge in [0.2, 0.25) is 0 Å². The molecule has 7 heteroatoms. The minimum absolute atomic E-state index is 0.278. The van der Waals surface area contributed by atoms with Gasteiger partial charge in [-0.15, -0.1) is 0 Å². The van der Waals surface area contributed by atoms with E-state index in [9.17, 15) is 9.59 Å². The highest BCUT2D eigenvalue weighted by Crippen LogP contribution is 2.12. The number of benzene rings is 1. The van der Waals surface area contributed by atoms with Crippen LogP contribution in [0.4, 0.5) is 0 Å². The molecule has 0 aliphatic heterocycles. The van der Waals surface area contributed by atoms with Gasteiger partial charge in [-0.2, -0.15) is 0 Å².